The van der Waals surface area contributed by atoms with Gasteiger partial charge in [0, 0.05) is 15.4 Å². The second kappa shape index (κ2) is 3.83. The van der Waals surface area contributed by atoms with Crippen molar-refractivity contribution in [3.63, 3.8) is 0 Å². The zero-order valence-electron chi connectivity index (χ0n) is 9.90. The Labute approximate surface area is 113 Å². The summed E-state index contributed by atoms with van der Waals surface area (Å²) in [6.45, 7) is 2.52. The number of nitrogens with zero attached hydrogens (tertiary/aromatic N) is 1. The molecule has 1 aliphatic rings. The maximum atomic E-state index is 12.2. The quantitative estimate of drug-likeness (QED) is 0.848. The van der Waals surface area contributed by atoms with Gasteiger partial charge in [0.2, 0.25) is 0 Å². The molecule has 4 nitrogen and oxygen atoms in total. The van der Waals surface area contributed by atoms with E-state index in [4.69, 9.17) is 0 Å². The zero-order chi connectivity index (χ0) is 12.9. The van der Waals surface area contributed by atoms with Crippen LogP contribution in [0.1, 0.15) is 17.4 Å². The first-order chi connectivity index (χ1) is 8.46. The van der Waals surface area contributed by atoms with Crippen LogP contribution in [0.5, 0.6) is 0 Å². The number of fused-ring (bicyclic) bond motifs is 1. The number of benzene rings is 1. The van der Waals surface area contributed by atoms with E-state index in [-0.39, 0.29) is 5.91 Å². The van der Waals surface area contributed by atoms with E-state index in [1.54, 1.807) is 11.8 Å². The van der Waals surface area contributed by atoms with Crippen LogP contribution in [0, 0.1) is 0 Å². The molecular weight excluding hydrogens is 296 g/mol. The number of aromatic nitrogens is 1. The number of carbonyl (C=O) groups excluding carboxylic acids is 1. The molecule has 2 heterocycles. The fourth-order valence-electron chi connectivity index (χ4n) is 2.32. The highest BCUT2D eigenvalue weighted by atomic mass is 79.9. The van der Waals surface area contributed by atoms with Gasteiger partial charge in [-0.05, 0) is 25.1 Å². The van der Waals surface area contributed by atoms with Gasteiger partial charge in [-0.25, -0.2) is 0 Å². The maximum Gasteiger partial charge on any atom is 0.270 e. The highest BCUT2D eigenvalue weighted by Crippen LogP contribution is 2.27. The second-order valence-electron chi connectivity index (χ2n) is 5.04. The van der Waals surface area contributed by atoms with E-state index in [2.05, 4.69) is 20.9 Å². The van der Waals surface area contributed by atoms with Crippen LogP contribution in [0.15, 0.2) is 28.7 Å². The number of hydrogen-bond donors (Lipinski definition) is 2. The highest BCUT2D eigenvalue weighted by Gasteiger charge is 2.40. The van der Waals surface area contributed by atoms with E-state index in [0.29, 0.717) is 18.8 Å². The molecule has 1 aromatic heterocycles. The molecule has 0 radical (unpaired) electrons. The van der Waals surface area contributed by atoms with E-state index in [1.807, 2.05) is 24.3 Å². The van der Waals surface area contributed by atoms with Crippen molar-refractivity contribution in [2.75, 3.05) is 13.1 Å². The number of rotatable bonds is 1. The molecule has 2 aromatic rings. The van der Waals surface area contributed by atoms with Gasteiger partial charge in [-0.3, -0.25) is 4.79 Å². The molecule has 1 aromatic carbocycles. The minimum Gasteiger partial charge on any atom is -0.386 e. The Morgan fingerprint density at radius 2 is 2.22 bits per heavy atom. The topological polar surface area (TPSA) is 56.3 Å². The molecule has 0 spiro atoms. The predicted molar refractivity (Wildman–Crippen MR) is 72.5 cm³/mol. The van der Waals surface area contributed by atoms with Gasteiger partial charge in [-0.1, -0.05) is 22.0 Å². The van der Waals surface area contributed by atoms with Gasteiger partial charge in [0.15, 0.2) is 0 Å². The predicted octanol–water partition coefficient (Wildman–Crippen LogP) is 2.14. The molecule has 1 amide bonds. The molecule has 1 aliphatic heterocycles. The van der Waals surface area contributed by atoms with Crippen LogP contribution in [0.4, 0.5) is 0 Å². The highest BCUT2D eigenvalue weighted by molar-refractivity contribution is 9.10. The first-order valence-corrected chi connectivity index (χ1v) is 6.54. The van der Waals surface area contributed by atoms with E-state index >= 15 is 0 Å². The fourth-order valence-corrected chi connectivity index (χ4v) is 2.80. The monoisotopic (exact) mass is 308 g/mol. The lowest BCUT2D eigenvalue weighted by atomic mass is 9.96. The lowest BCUT2D eigenvalue weighted by Crippen LogP contribution is -2.61. The number of amides is 1. The Morgan fingerprint density at radius 3 is 2.83 bits per heavy atom. The lowest BCUT2D eigenvalue weighted by Gasteiger charge is -2.43. The number of halogens is 1. The lowest BCUT2D eigenvalue weighted by molar-refractivity contribution is -0.0670. The summed E-state index contributed by atoms with van der Waals surface area (Å²) in [5.74, 6) is -0.0652. The summed E-state index contributed by atoms with van der Waals surface area (Å²) in [6, 6.07) is 7.64. The van der Waals surface area contributed by atoms with Gasteiger partial charge >= 0.3 is 0 Å². The van der Waals surface area contributed by atoms with E-state index < -0.39 is 5.60 Å². The van der Waals surface area contributed by atoms with Crippen LogP contribution in [-0.2, 0) is 0 Å². The van der Waals surface area contributed by atoms with Crippen LogP contribution < -0.4 is 0 Å². The van der Waals surface area contributed by atoms with E-state index in [9.17, 15) is 9.90 Å². The normalized spacial score (nSPS) is 17.8. The van der Waals surface area contributed by atoms with Gasteiger partial charge in [0.1, 0.15) is 5.69 Å². The summed E-state index contributed by atoms with van der Waals surface area (Å²) in [6.07, 6.45) is 0. The summed E-state index contributed by atoms with van der Waals surface area (Å²) in [7, 11) is 0. The molecule has 0 atom stereocenters. The Morgan fingerprint density at radius 1 is 1.50 bits per heavy atom. The summed E-state index contributed by atoms with van der Waals surface area (Å²) >= 11 is 3.46. The van der Waals surface area contributed by atoms with Crippen molar-refractivity contribution in [3.8, 4) is 0 Å². The molecule has 0 aliphatic carbocycles. The van der Waals surface area contributed by atoms with Crippen LogP contribution in [0.25, 0.3) is 10.9 Å². The van der Waals surface area contributed by atoms with Gasteiger partial charge < -0.3 is 15.0 Å². The molecule has 1 saturated heterocycles. The number of carbonyl (C=O) groups is 1. The molecule has 0 unspecified atom stereocenters. The van der Waals surface area contributed by atoms with Crippen molar-refractivity contribution >= 4 is 32.7 Å². The van der Waals surface area contributed by atoms with Gasteiger partial charge in [0.25, 0.3) is 5.91 Å². The molecule has 0 saturated carbocycles. The Hall–Kier alpha value is -1.33. The number of aliphatic hydroxyl groups is 1. The van der Waals surface area contributed by atoms with Crippen LogP contribution in [0.2, 0.25) is 0 Å². The summed E-state index contributed by atoms with van der Waals surface area (Å²) in [5, 5.41) is 10.6. The van der Waals surface area contributed by atoms with Crippen molar-refractivity contribution in [1.82, 2.24) is 9.88 Å². The number of β-amino-alcohol motifs (C(OH)–C–C–N with tert-alkyl or cyclic N) is 1. The van der Waals surface area contributed by atoms with Crippen molar-refractivity contribution < 1.29 is 9.90 Å². The van der Waals surface area contributed by atoms with Crippen molar-refractivity contribution in [1.29, 1.82) is 0 Å². The molecular formula is C13H13BrN2O2. The molecule has 3 rings (SSSR count). The van der Waals surface area contributed by atoms with E-state index in [0.717, 1.165) is 15.4 Å². The standard InChI is InChI=1S/C13H13BrN2O2/c1-13(18)6-16(7-13)12(17)11-5-8-9(14)3-2-4-10(8)15-11/h2-5,15,18H,6-7H2,1H3. The first kappa shape index (κ1) is 11.7. The zero-order valence-corrected chi connectivity index (χ0v) is 11.5. The van der Waals surface area contributed by atoms with Crippen LogP contribution >= 0.6 is 15.9 Å². The summed E-state index contributed by atoms with van der Waals surface area (Å²) in [5.41, 5.74) is 0.759. The van der Waals surface area contributed by atoms with Gasteiger partial charge in [-0.15, -0.1) is 0 Å². The largest absolute Gasteiger partial charge is 0.386 e. The average molecular weight is 309 g/mol. The summed E-state index contributed by atoms with van der Waals surface area (Å²) < 4.78 is 0.964. The van der Waals surface area contributed by atoms with E-state index in [1.165, 1.54) is 0 Å². The third-order valence-corrected chi connectivity index (χ3v) is 3.88. The summed E-state index contributed by atoms with van der Waals surface area (Å²) in [4.78, 5) is 16.9. The smallest absolute Gasteiger partial charge is 0.270 e. The molecule has 5 heteroatoms. The van der Waals surface area contributed by atoms with Crippen molar-refractivity contribution in [2.24, 2.45) is 0 Å². The first-order valence-electron chi connectivity index (χ1n) is 5.75. The second-order valence-corrected chi connectivity index (χ2v) is 5.90. The van der Waals surface area contributed by atoms with Crippen molar-refractivity contribution in [2.45, 2.75) is 12.5 Å². The minimum atomic E-state index is -0.734. The molecule has 0 bridgehead atoms. The van der Waals surface area contributed by atoms with Crippen LogP contribution in [0.3, 0.4) is 0 Å². The fraction of sp³-hybridized carbons (Fsp3) is 0.308. The third kappa shape index (κ3) is 1.83. The minimum absolute atomic E-state index is 0.0652. The molecule has 1 fully saturated rings. The SMILES string of the molecule is CC1(O)CN(C(=O)c2cc3c(Br)cccc3[nH]2)C1. The number of nitrogens with one attached hydrogen (secondary N) is 1. The average Bonchev–Trinajstić information content (AvgIpc) is 2.70. The Kier molecular flexibility index (Phi) is 2.50. The third-order valence-electron chi connectivity index (χ3n) is 3.19. The molecule has 94 valence electrons. The van der Waals surface area contributed by atoms with Crippen LogP contribution in [-0.4, -0.2) is 39.6 Å². The molecule has 18 heavy (non-hydrogen) atoms. The number of likely N-dealkylation sites (tertiary alicyclic amines) is 1. The van der Waals surface area contributed by atoms with Gasteiger partial charge in [0.05, 0.1) is 18.7 Å². The number of H-pyrrole nitrogens is 1. The number of hydrogen-bond acceptors (Lipinski definition) is 2. The Bertz CT molecular complexity index is 625. The van der Waals surface area contributed by atoms with Crippen molar-refractivity contribution in [3.05, 3.63) is 34.4 Å². The molecule has 2 N–H and O–H groups in total. The van der Waals surface area contributed by atoms with Gasteiger partial charge in [-0.2, -0.15) is 0 Å². The Balaban J connectivity index is 1.91. The number of aromatic amines is 1. The maximum absolute atomic E-state index is 12.2.